The van der Waals surface area contributed by atoms with Crippen molar-refractivity contribution in [2.24, 2.45) is 45.3 Å². The van der Waals surface area contributed by atoms with Gasteiger partial charge in [-0.25, -0.2) is 0 Å². The van der Waals surface area contributed by atoms with Crippen molar-refractivity contribution in [2.75, 3.05) is 13.2 Å². The fraction of sp³-hybridized carbons (Fsp3) is 0.900. The molecular formula is C30H50O5. The minimum Gasteiger partial charge on any atom is -0.481 e. The Hall–Kier alpha value is -0.910. The first-order valence-electron chi connectivity index (χ1n) is 14.1. The molecule has 35 heavy (non-hydrogen) atoms. The SMILES string of the molecule is CC(=CCC[C@@H](C)[C@H]1CC[C@@]2(C)[C@@H]3CC[C@@H]([C@@](C)(O)CO)[C@@]4(CCC(=O)O)C[C@@]34CC[C@]12C)CO. The number of carboxylic acids is 1. The second kappa shape index (κ2) is 9.13. The largest absolute Gasteiger partial charge is 0.481 e. The number of carboxylic acid groups (broad SMARTS) is 1. The van der Waals surface area contributed by atoms with E-state index in [1.165, 1.54) is 19.3 Å². The second-order valence-corrected chi connectivity index (χ2v) is 13.8. The molecule has 5 heteroatoms. The molecule has 0 aromatic rings. The Morgan fingerprint density at radius 3 is 2.46 bits per heavy atom. The fourth-order valence-corrected chi connectivity index (χ4v) is 10.4. The summed E-state index contributed by atoms with van der Waals surface area (Å²) < 4.78 is 0. The summed E-state index contributed by atoms with van der Waals surface area (Å²) in [4.78, 5) is 11.6. The molecule has 200 valence electrons. The lowest BCUT2D eigenvalue weighted by Gasteiger charge is -2.61. The number of hydrogen-bond donors (Lipinski definition) is 4. The summed E-state index contributed by atoms with van der Waals surface area (Å²) >= 11 is 0. The molecule has 0 unspecified atom stereocenters. The maximum atomic E-state index is 11.6. The molecule has 0 radical (unpaired) electrons. The number of fused-ring (bicyclic) bond motifs is 2. The zero-order valence-electron chi connectivity index (χ0n) is 22.8. The Kier molecular flexibility index (Phi) is 7.08. The van der Waals surface area contributed by atoms with E-state index in [1.807, 2.05) is 6.92 Å². The summed E-state index contributed by atoms with van der Waals surface area (Å²) in [5.74, 6) is 1.13. The van der Waals surface area contributed by atoms with Crippen molar-refractivity contribution in [1.82, 2.24) is 0 Å². The first-order chi connectivity index (χ1) is 16.3. The number of carbonyl (C=O) groups is 1. The molecule has 4 fully saturated rings. The van der Waals surface area contributed by atoms with Crippen molar-refractivity contribution in [3.63, 3.8) is 0 Å². The molecule has 4 aliphatic carbocycles. The average Bonchev–Trinajstić information content (AvgIpc) is 3.40. The third-order valence-corrected chi connectivity index (χ3v) is 12.4. The van der Waals surface area contributed by atoms with E-state index in [0.717, 1.165) is 44.1 Å². The van der Waals surface area contributed by atoms with Crippen LogP contribution in [0.5, 0.6) is 0 Å². The van der Waals surface area contributed by atoms with Crippen LogP contribution in [0.4, 0.5) is 0 Å². The number of rotatable bonds is 10. The highest BCUT2D eigenvalue weighted by atomic mass is 16.4. The lowest BCUT2D eigenvalue weighted by Crippen LogP contribution is -2.57. The van der Waals surface area contributed by atoms with E-state index in [-0.39, 0.29) is 47.2 Å². The summed E-state index contributed by atoms with van der Waals surface area (Å²) in [7, 11) is 0. The maximum Gasteiger partial charge on any atom is 0.303 e. The number of aliphatic hydroxyl groups excluding tert-OH is 2. The van der Waals surface area contributed by atoms with E-state index in [0.29, 0.717) is 24.2 Å². The molecule has 9 atom stereocenters. The van der Waals surface area contributed by atoms with Gasteiger partial charge in [0.2, 0.25) is 0 Å². The Morgan fingerprint density at radius 1 is 1.11 bits per heavy atom. The van der Waals surface area contributed by atoms with Gasteiger partial charge >= 0.3 is 5.97 Å². The lowest BCUT2D eigenvalue weighted by molar-refractivity contribution is -0.159. The van der Waals surface area contributed by atoms with Crippen LogP contribution in [0.2, 0.25) is 0 Å². The summed E-state index contributed by atoms with van der Waals surface area (Å²) in [5, 5.41) is 40.1. The van der Waals surface area contributed by atoms with Crippen LogP contribution in [0.3, 0.4) is 0 Å². The van der Waals surface area contributed by atoms with Crippen molar-refractivity contribution in [2.45, 2.75) is 111 Å². The molecule has 0 heterocycles. The topological polar surface area (TPSA) is 98.0 Å². The zero-order valence-corrected chi connectivity index (χ0v) is 22.8. The molecule has 5 nitrogen and oxygen atoms in total. The van der Waals surface area contributed by atoms with Gasteiger partial charge in [0.1, 0.15) is 0 Å². The molecule has 4 saturated carbocycles. The summed E-state index contributed by atoms with van der Waals surface area (Å²) in [6.07, 6.45) is 13.0. The van der Waals surface area contributed by atoms with Crippen molar-refractivity contribution in [1.29, 1.82) is 0 Å². The number of aliphatic carboxylic acids is 1. The van der Waals surface area contributed by atoms with Gasteiger partial charge in [-0.1, -0.05) is 32.4 Å². The van der Waals surface area contributed by atoms with Crippen molar-refractivity contribution < 1.29 is 25.2 Å². The zero-order chi connectivity index (χ0) is 25.9. The van der Waals surface area contributed by atoms with Crippen molar-refractivity contribution >= 4 is 5.97 Å². The van der Waals surface area contributed by atoms with Crippen LogP contribution in [-0.4, -0.2) is 45.2 Å². The summed E-state index contributed by atoms with van der Waals surface area (Å²) in [6.45, 7) is 11.2. The predicted octanol–water partition coefficient (Wildman–Crippen LogP) is 5.57. The maximum absolute atomic E-state index is 11.6. The molecule has 4 rings (SSSR count). The Balaban J connectivity index is 1.60. The molecule has 1 spiro atoms. The number of hydrogen-bond acceptors (Lipinski definition) is 4. The smallest absolute Gasteiger partial charge is 0.303 e. The van der Waals surface area contributed by atoms with Crippen LogP contribution in [-0.2, 0) is 4.79 Å². The predicted molar refractivity (Wildman–Crippen MR) is 138 cm³/mol. The van der Waals surface area contributed by atoms with Gasteiger partial charge < -0.3 is 20.4 Å². The van der Waals surface area contributed by atoms with Crippen LogP contribution in [0, 0.1) is 45.3 Å². The summed E-state index contributed by atoms with van der Waals surface area (Å²) in [5.41, 5.74) is 0.398. The third-order valence-electron chi connectivity index (χ3n) is 12.4. The van der Waals surface area contributed by atoms with E-state index < -0.39 is 11.6 Å². The lowest BCUT2D eigenvalue weighted by atomic mass is 9.43. The van der Waals surface area contributed by atoms with Crippen molar-refractivity contribution in [3.8, 4) is 0 Å². The molecule has 0 aromatic heterocycles. The molecule has 0 aromatic carbocycles. The van der Waals surface area contributed by atoms with Gasteiger partial charge in [-0.15, -0.1) is 0 Å². The van der Waals surface area contributed by atoms with Crippen LogP contribution >= 0.6 is 0 Å². The van der Waals surface area contributed by atoms with E-state index >= 15 is 0 Å². The highest BCUT2D eigenvalue weighted by Crippen LogP contribution is 2.87. The monoisotopic (exact) mass is 490 g/mol. The third kappa shape index (κ3) is 3.94. The minimum atomic E-state index is -1.15. The molecule has 4 aliphatic rings. The number of aliphatic hydroxyl groups is 3. The van der Waals surface area contributed by atoms with Crippen molar-refractivity contribution in [3.05, 3.63) is 11.6 Å². The Bertz CT molecular complexity index is 850. The van der Waals surface area contributed by atoms with Crippen LogP contribution < -0.4 is 0 Å². The van der Waals surface area contributed by atoms with E-state index in [2.05, 4.69) is 26.8 Å². The molecule has 0 bridgehead atoms. The first-order valence-corrected chi connectivity index (χ1v) is 14.1. The van der Waals surface area contributed by atoms with Gasteiger partial charge in [0, 0.05) is 6.42 Å². The van der Waals surface area contributed by atoms with E-state index in [1.54, 1.807) is 6.92 Å². The molecular weight excluding hydrogens is 440 g/mol. The van der Waals surface area contributed by atoms with Gasteiger partial charge in [0.15, 0.2) is 0 Å². The minimum absolute atomic E-state index is 0.0266. The number of allylic oxidation sites excluding steroid dienone is 1. The quantitative estimate of drug-likeness (QED) is 0.300. The van der Waals surface area contributed by atoms with Crippen LogP contribution in [0.25, 0.3) is 0 Å². The molecule has 0 aliphatic heterocycles. The Labute approximate surface area is 212 Å². The van der Waals surface area contributed by atoms with Crippen LogP contribution in [0.15, 0.2) is 11.6 Å². The van der Waals surface area contributed by atoms with Gasteiger partial charge in [-0.05, 0) is 123 Å². The standard InChI is InChI=1S/C30H50O5/c1-20(17-31)7-6-8-21(2)22-11-13-27(4)23-9-10-24(28(5,35)19-32)29(14-12-25(33)34)18-30(23,29)16-15-26(22,27)3/h7,21-24,31-32,35H,6,8-19H2,1-5H3,(H,33,34)/t21-,22-,23+,24+,26-,27+,28+,29-,30+/m1/s1. The average molecular weight is 491 g/mol. The van der Waals surface area contributed by atoms with Gasteiger partial charge in [0.05, 0.1) is 18.8 Å². The molecule has 0 saturated heterocycles. The normalized spacial score (nSPS) is 45.1. The molecule has 0 amide bonds. The van der Waals surface area contributed by atoms with Crippen LogP contribution in [0.1, 0.15) is 105 Å². The summed E-state index contributed by atoms with van der Waals surface area (Å²) in [6, 6.07) is 0. The highest BCUT2D eigenvalue weighted by molar-refractivity contribution is 5.67. The van der Waals surface area contributed by atoms with Gasteiger partial charge in [-0.2, -0.15) is 0 Å². The second-order valence-electron chi connectivity index (χ2n) is 13.8. The van der Waals surface area contributed by atoms with E-state index in [9.17, 15) is 25.2 Å². The van der Waals surface area contributed by atoms with E-state index in [4.69, 9.17) is 0 Å². The molecule has 4 N–H and O–H groups in total. The first kappa shape index (κ1) is 27.1. The highest BCUT2D eigenvalue weighted by Gasteiger charge is 2.81. The van der Waals surface area contributed by atoms with Gasteiger partial charge in [0.25, 0.3) is 0 Å². The fourth-order valence-electron chi connectivity index (χ4n) is 10.4. The van der Waals surface area contributed by atoms with Gasteiger partial charge in [-0.3, -0.25) is 4.79 Å². The Morgan fingerprint density at radius 2 is 1.83 bits per heavy atom.